The lowest BCUT2D eigenvalue weighted by atomic mass is 10.1. The van der Waals surface area contributed by atoms with E-state index in [4.69, 9.17) is 14.2 Å². The van der Waals surface area contributed by atoms with E-state index in [1.807, 2.05) is 19.1 Å². The Morgan fingerprint density at radius 2 is 2.14 bits per heavy atom. The lowest BCUT2D eigenvalue weighted by Gasteiger charge is -2.21. The van der Waals surface area contributed by atoms with Crippen molar-refractivity contribution >= 4 is 5.91 Å². The van der Waals surface area contributed by atoms with Crippen molar-refractivity contribution in [3.8, 4) is 17.2 Å². The summed E-state index contributed by atoms with van der Waals surface area (Å²) in [6, 6.07) is 3.80. The molecule has 0 saturated heterocycles. The van der Waals surface area contributed by atoms with Crippen molar-refractivity contribution in [2.24, 2.45) is 0 Å². The number of nitrogens with one attached hydrogen (secondary N) is 2. The van der Waals surface area contributed by atoms with E-state index in [0.717, 1.165) is 12.0 Å². The molecule has 116 valence electrons. The molecule has 2 N–H and O–H groups in total. The zero-order valence-electron chi connectivity index (χ0n) is 12.5. The van der Waals surface area contributed by atoms with E-state index in [9.17, 15) is 4.79 Å². The van der Waals surface area contributed by atoms with Crippen LogP contribution in [-0.2, 0) is 11.3 Å². The van der Waals surface area contributed by atoms with Crippen LogP contribution >= 0.6 is 0 Å². The SMILES string of the molecule is CCCNC(=O)CNCc1cc(OC)c2c(c1)OCCO2. The zero-order chi connectivity index (χ0) is 15.1. The third-order valence-electron chi connectivity index (χ3n) is 3.07. The number of ether oxygens (including phenoxy) is 3. The van der Waals surface area contributed by atoms with E-state index in [0.29, 0.717) is 43.6 Å². The van der Waals surface area contributed by atoms with Crippen LogP contribution in [0.2, 0.25) is 0 Å². The van der Waals surface area contributed by atoms with Crippen LogP contribution in [0, 0.1) is 0 Å². The Labute approximate surface area is 124 Å². The number of fused-ring (bicyclic) bond motifs is 1. The number of carbonyl (C=O) groups excluding carboxylic acids is 1. The van der Waals surface area contributed by atoms with Gasteiger partial charge in [0.05, 0.1) is 13.7 Å². The van der Waals surface area contributed by atoms with E-state index in [2.05, 4.69) is 10.6 Å². The highest BCUT2D eigenvalue weighted by molar-refractivity contribution is 5.77. The van der Waals surface area contributed by atoms with Crippen molar-refractivity contribution in [2.45, 2.75) is 19.9 Å². The second-order valence-corrected chi connectivity index (χ2v) is 4.78. The van der Waals surface area contributed by atoms with Gasteiger partial charge < -0.3 is 24.8 Å². The number of hydrogen-bond donors (Lipinski definition) is 2. The van der Waals surface area contributed by atoms with Crippen molar-refractivity contribution in [3.63, 3.8) is 0 Å². The fourth-order valence-corrected chi connectivity index (χ4v) is 2.08. The minimum Gasteiger partial charge on any atom is -0.493 e. The molecule has 1 aliphatic rings. The fraction of sp³-hybridized carbons (Fsp3) is 0.533. The van der Waals surface area contributed by atoms with E-state index in [-0.39, 0.29) is 12.5 Å². The maximum absolute atomic E-state index is 11.5. The average Bonchev–Trinajstić information content (AvgIpc) is 2.52. The lowest BCUT2D eigenvalue weighted by Crippen LogP contribution is -2.33. The fourth-order valence-electron chi connectivity index (χ4n) is 2.08. The van der Waals surface area contributed by atoms with E-state index in [1.54, 1.807) is 7.11 Å². The number of carbonyl (C=O) groups is 1. The van der Waals surface area contributed by atoms with Crippen molar-refractivity contribution < 1.29 is 19.0 Å². The summed E-state index contributed by atoms with van der Waals surface area (Å²) >= 11 is 0. The maximum atomic E-state index is 11.5. The first kappa shape index (κ1) is 15.4. The Morgan fingerprint density at radius 1 is 1.33 bits per heavy atom. The van der Waals surface area contributed by atoms with Gasteiger partial charge in [-0.15, -0.1) is 0 Å². The molecule has 6 heteroatoms. The summed E-state index contributed by atoms with van der Waals surface area (Å²) in [5.74, 6) is 1.99. The summed E-state index contributed by atoms with van der Waals surface area (Å²) in [4.78, 5) is 11.5. The van der Waals surface area contributed by atoms with Crippen molar-refractivity contribution in [1.82, 2.24) is 10.6 Å². The van der Waals surface area contributed by atoms with E-state index < -0.39 is 0 Å². The Kier molecular flexibility index (Phi) is 5.68. The van der Waals surface area contributed by atoms with Gasteiger partial charge in [-0.05, 0) is 24.1 Å². The predicted octanol–water partition coefficient (Wildman–Crippen LogP) is 1.08. The standard InChI is InChI=1S/C15H22N2O4/c1-3-4-17-14(18)10-16-9-11-7-12(19-2)15-13(8-11)20-5-6-21-15/h7-8,16H,3-6,9-10H2,1-2H3,(H,17,18). The molecule has 0 spiro atoms. The molecule has 0 saturated carbocycles. The average molecular weight is 294 g/mol. The Balaban J connectivity index is 1.93. The highest BCUT2D eigenvalue weighted by atomic mass is 16.6. The number of benzene rings is 1. The summed E-state index contributed by atoms with van der Waals surface area (Å²) in [5.41, 5.74) is 0.986. The summed E-state index contributed by atoms with van der Waals surface area (Å²) in [5, 5.41) is 5.92. The van der Waals surface area contributed by atoms with E-state index >= 15 is 0 Å². The molecule has 6 nitrogen and oxygen atoms in total. The molecule has 1 amide bonds. The van der Waals surface area contributed by atoms with Crippen molar-refractivity contribution in [3.05, 3.63) is 17.7 Å². The smallest absolute Gasteiger partial charge is 0.233 e. The molecule has 1 aromatic rings. The molecule has 1 aliphatic heterocycles. The second kappa shape index (κ2) is 7.73. The second-order valence-electron chi connectivity index (χ2n) is 4.78. The first-order valence-electron chi connectivity index (χ1n) is 7.18. The summed E-state index contributed by atoms with van der Waals surface area (Å²) in [6.07, 6.45) is 0.936. The Hall–Kier alpha value is -1.95. The molecular formula is C15H22N2O4. The molecule has 1 aromatic carbocycles. The van der Waals surface area contributed by atoms with Gasteiger partial charge in [0, 0.05) is 13.1 Å². The molecule has 0 aromatic heterocycles. The molecule has 0 unspecified atom stereocenters. The molecule has 1 heterocycles. The van der Waals surface area contributed by atoms with Gasteiger partial charge in [0.2, 0.25) is 11.7 Å². The molecule has 0 atom stereocenters. The highest BCUT2D eigenvalue weighted by Crippen LogP contribution is 2.40. The van der Waals surface area contributed by atoms with Gasteiger partial charge in [-0.2, -0.15) is 0 Å². The first-order chi connectivity index (χ1) is 10.2. The first-order valence-corrected chi connectivity index (χ1v) is 7.18. The van der Waals surface area contributed by atoms with Crippen LogP contribution in [0.15, 0.2) is 12.1 Å². The normalized spacial score (nSPS) is 12.9. The topological polar surface area (TPSA) is 68.8 Å². The molecule has 0 fully saturated rings. The molecule has 0 radical (unpaired) electrons. The maximum Gasteiger partial charge on any atom is 0.233 e. The highest BCUT2D eigenvalue weighted by Gasteiger charge is 2.18. The third kappa shape index (κ3) is 4.26. The van der Waals surface area contributed by atoms with Gasteiger partial charge in [-0.1, -0.05) is 6.92 Å². The van der Waals surface area contributed by atoms with Crippen LogP contribution in [0.4, 0.5) is 0 Å². The lowest BCUT2D eigenvalue weighted by molar-refractivity contribution is -0.120. The van der Waals surface area contributed by atoms with Crippen LogP contribution < -0.4 is 24.8 Å². The van der Waals surface area contributed by atoms with Gasteiger partial charge in [0.15, 0.2) is 11.5 Å². The number of methoxy groups -OCH3 is 1. The summed E-state index contributed by atoms with van der Waals surface area (Å²) < 4.78 is 16.4. The Bertz CT molecular complexity index is 474. The van der Waals surface area contributed by atoms with Crippen LogP contribution in [0.5, 0.6) is 17.2 Å². The summed E-state index contributed by atoms with van der Waals surface area (Å²) in [7, 11) is 1.60. The van der Waals surface area contributed by atoms with Crippen LogP contribution in [0.3, 0.4) is 0 Å². The molecular weight excluding hydrogens is 272 g/mol. The zero-order valence-corrected chi connectivity index (χ0v) is 12.5. The minimum absolute atomic E-state index is 0.00126. The molecule has 21 heavy (non-hydrogen) atoms. The largest absolute Gasteiger partial charge is 0.493 e. The number of hydrogen-bond acceptors (Lipinski definition) is 5. The van der Waals surface area contributed by atoms with E-state index in [1.165, 1.54) is 0 Å². The molecule has 0 aliphatic carbocycles. The van der Waals surface area contributed by atoms with Crippen LogP contribution in [0.25, 0.3) is 0 Å². The predicted molar refractivity (Wildman–Crippen MR) is 79.0 cm³/mol. The molecule has 2 rings (SSSR count). The van der Waals surface area contributed by atoms with Gasteiger partial charge in [-0.25, -0.2) is 0 Å². The summed E-state index contributed by atoms with van der Waals surface area (Å²) in [6.45, 7) is 4.64. The molecule has 0 bridgehead atoms. The van der Waals surface area contributed by atoms with Crippen LogP contribution in [0.1, 0.15) is 18.9 Å². The number of rotatable bonds is 7. The van der Waals surface area contributed by atoms with Gasteiger partial charge in [0.25, 0.3) is 0 Å². The Morgan fingerprint density at radius 3 is 2.90 bits per heavy atom. The van der Waals surface area contributed by atoms with Crippen molar-refractivity contribution in [2.75, 3.05) is 33.4 Å². The van der Waals surface area contributed by atoms with Gasteiger partial charge in [-0.3, -0.25) is 4.79 Å². The quantitative estimate of drug-likeness (QED) is 0.787. The monoisotopic (exact) mass is 294 g/mol. The minimum atomic E-state index is 0.00126. The number of amides is 1. The van der Waals surface area contributed by atoms with Crippen LogP contribution in [-0.4, -0.2) is 39.3 Å². The van der Waals surface area contributed by atoms with Crippen molar-refractivity contribution in [1.29, 1.82) is 0 Å². The third-order valence-corrected chi connectivity index (χ3v) is 3.07. The van der Waals surface area contributed by atoms with Gasteiger partial charge in [0.1, 0.15) is 13.2 Å². The van der Waals surface area contributed by atoms with Gasteiger partial charge >= 0.3 is 0 Å².